The Kier molecular flexibility index (Phi) is 4.84. The Morgan fingerprint density at radius 1 is 1.28 bits per heavy atom. The number of likely N-dealkylation sites (N-methyl/N-ethyl adjacent to an activating group) is 1. The van der Waals surface area contributed by atoms with Crippen molar-refractivity contribution in [3.05, 3.63) is 65.2 Å². The van der Waals surface area contributed by atoms with Gasteiger partial charge in [-0.3, -0.25) is 4.79 Å². The third-order valence-corrected chi connectivity index (χ3v) is 6.60. The van der Waals surface area contributed by atoms with E-state index in [0.717, 1.165) is 12.0 Å². The van der Waals surface area contributed by atoms with Crippen LogP contribution < -0.4 is 0 Å². The lowest BCUT2D eigenvalue weighted by Gasteiger charge is -2.29. The average Bonchev–Trinajstić information content (AvgIpc) is 3.30. The van der Waals surface area contributed by atoms with Crippen molar-refractivity contribution >= 4 is 21.8 Å². The summed E-state index contributed by atoms with van der Waals surface area (Å²) in [5.41, 5.74) is 1.97. The molecule has 0 radical (unpaired) electrons. The zero-order valence-corrected chi connectivity index (χ0v) is 16.8. The maximum atomic E-state index is 13.2. The number of hydrogen-bond acceptors (Lipinski definition) is 5. The van der Waals surface area contributed by atoms with Gasteiger partial charge in [0.15, 0.2) is 5.84 Å². The minimum absolute atomic E-state index is 0.0886. The molecule has 1 saturated heterocycles. The quantitative estimate of drug-likeness (QED) is 0.776. The van der Waals surface area contributed by atoms with Crippen LogP contribution in [0.4, 0.5) is 0 Å². The molecular formula is C21H20N4O3S. The highest BCUT2D eigenvalue weighted by atomic mass is 32.2. The van der Waals surface area contributed by atoms with Crippen molar-refractivity contribution in [1.29, 1.82) is 5.26 Å². The molecule has 0 N–H and O–H groups in total. The molecule has 4 rings (SSSR count). The molecule has 1 fully saturated rings. The molecular weight excluding hydrogens is 388 g/mol. The van der Waals surface area contributed by atoms with Crippen LogP contribution in [-0.4, -0.2) is 49.6 Å². The fourth-order valence-corrected chi connectivity index (χ4v) is 5.14. The maximum absolute atomic E-state index is 13.2. The molecule has 0 bridgehead atoms. The Balaban J connectivity index is 1.57. The monoisotopic (exact) mass is 408 g/mol. The summed E-state index contributed by atoms with van der Waals surface area (Å²) in [5.74, 6) is 0.269. The van der Waals surface area contributed by atoms with Crippen LogP contribution in [0, 0.1) is 11.3 Å². The normalized spacial score (nSPS) is 19.4. The molecule has 2 aromatic rings. The number of rotatable bonds is 3. The third kappa shape index (κ3) is 3.49. The summed E-state index contributed by atoms with van der Waals surface area (Å²) in [4.78, 5) is 16.8. The Hall–Kier alpha value is -3.18. The van der Waals surface area contributed by atoms with Crippen molar-refractivity contribution in [3.63, 3.8) is 0 Å². The van der Waals surface area contributed by atoms with Crippen LogP contribution in [0.1, 0.15) is 29.5 Å². The minimum atomic E-state index is -3.73. The van der Waals surface area contributed by atoms with Gasteiger partial charge in [-0.05, 0) is 42.7 Å². The molecule has 1 amide bonds. The second kappa shape index (κ2) is 7.33. The topological polar surface area (TPSA) is 93.8 Å². The summed E-state index contributed by atoms with van der Waals surface area (Å²) < 4.78 is 28.8. The van der Waals surface area contributed by atoms with Gasteiger partial charge in [-0.15, -0.1) is 4.40 Å². The second-order valence-corrected chi connectivity index (χ2v) is 8.82. The number of sulfonamides is 1. The molecule has 29 heavy (non-hydrogen) atoms. The maximum Gasteiger partial charge on any atom is 0.285 e. The molecule has 0 unspecified atom stereocenters. The first-order chi connectivity index (χ1) is 13.9. The number of benzene rings is 2. The lowest BCUT2D eigenvalue weighted by atomic mass is 10.1. The third-order valence-electron chi connectivity index (χ3n) is 5.27. The first kappa shape index (κ1) is 19.2. The summed E-state index contributed by atoms with van der Waals surface area (Å²) in [6.45, 7) is 0.955. The highest BCUT2D eigenvalue weighted by molar-refractivity contribution is 7.90. The van der Waals surface area contributed by atoms with E-state index in [9.17, 15) is 13.2 Å². The zero-order valence-electron chi connectivity index (χ0n) is 15.9. The number of nitriles is 1. The number of hydrogen-bond donors (Lipinski definition) is 0. The van der Waals surface area contributed by atoms with Crippen molar-refractivity contribution < 1.29 is 13.2 Å². The lowest BCUT2D eigenvalue weighted by Crippen LogP contribution is -2.46. The predicted molar refractivity (Wildman–Crippen MR) is 108 cm³/mol. The highest BCUT2D eigenvalue weighted by Crippen LogP contribution is 2.31. The molecule has 2 heterocycles. The van der Waals surface area contributed by atoms with E-state index in [2.05, 4.69) is 10.5 Å². The molecule has 0 saturated carbocycles. The van der Waals surface area contributed by atoms with Gasteiger partial charge in [-0.2, -0.15) is 13.7 Å². The lowest BCUT2D eigenvalue weighted by molar-refractivity contribution is -0.134. The van der Waals surface area contributed by atoms with Gasteiger partial charge in [-0.1, -0.05) is 24.3 Å². The van der Waals surface area contributed by atoms with Crippen LogP contribution in [0.15, 0.2) is 57.8 Å². The molecule has 2 aromatic carbocycles. The van der Waals surface area contributed by atoms with Crippen LogP contribution in [0.5, 0.6) is 0 Å². The molecule has 0 aromatic heterocycles. The molecule has 1 atom stereocenters. The van der Waals surface area contributed by atoms with Gasteiger partial charge >= 0.3 is 0 Å². The van der Waals surface area contributed by atoms with Gasteiger partial charge in [-0.25, -0.2) is 0 Å². The Morgan fingerprint density at radius 2 is 2.07 bits per heavy atom. The fourth-order valence-electron chi connectivity index (χ4n) is 3.92. The summed E-state index contributed by atoms with van der Waals surface area (Å²) in [7, 11) is -2.01. The van der Waals surface area contributed by atoms with Gasteiger partial charge in [0.05, 0.1) is 11.6 Å². The van der Waals surface area contributed by atoms with E-state index < -0.39 is 16.1 Å². The number of carbonyl (C=O) groups is 1. The van der Waals surface area contributed by atoms with E-state index in [1.807, 2.05) is 11.0 Å². The number of nitrogens with zero attached hydrogens (tertiary/aromatic N) is 4. The summed E-state index contributed by atoms with van der Waals surface area (Å²) in [6, 6.07) is 15.5. The predicted octanol–water partition coefficient (Wildman–Crippen LogP) is 2.13. The second-order valence-electron chi connectivity index (χ2n) is 7.24. The van der Waals surface area contributed by atoms with Crippen LogP contribution in [0.2, 0.25) is 0 Å². The minimum Gasteiger partial charge on any atom is -0.343 e. The zero-order chi connectivity index (χ0) is 20.6. The Morgan fingerprint density at radius 3 is 2.86 bits per heavy atom. The van der Waals surface area contributed by atoms with Crippen LogP contribution in [0.3, 0.4) is 0 Å². The number of amidine groups is 1. The molecule has 148 valence electrons. The van der Waals surface area contributed by atoms with Crippen LogP contribution in [-0.2, 0) is 21.4 Å². The van der Waals surface area contributed by atoms with Gasteiger partial charge < -0.3 is 9.80 Å². The molecule has 0 aliphatic carbocycles. The number of likely N-dealkylation sites (tertiary alicyclic amines) is 1. The molecule has 0 spiro atoms. The molecule has 7 nitrogen and oxygen atoms in total. The molecule has 2 aliphatic rings. The first-order valence-corrected chi connectivity index (χ1v) is 10.8. The molecule has 8 heteroatoms. The SMILES string of the molecule is CN(Cc1cccc(C#N)c1)C(=O)[C@@H]1CCCN1C1=NS(=O)(=O)c2ccccc21. The van der Waals surface area contributed by atoms with E-state index >= 15 is 0 Å². The number of carbonyl (C=O) groups excluding carboxylic acids is 1. The fraction of sp³-hybridized carbons (Fsp3) is 0.286. The van der Waals surface area contributed by atoms with Crippen LogP contribution >= 0.6 is 0 Å². The van der Waals surface area contributed by atoms with E-state index in [-0.39, 0.29) is 10.8 Å². The summed E-state index contributed by atoms with van der Waals surface area (Å²) in [5, 5.41) is 9.06. The molecule has 2 aliphatic heterocycles. The average molecular weight is 408 g/mol. The smallest absolute Gasteiger partial charge is 0.285 e. The Bertz CT molecular complexity index is 1150. The van der Waals surface area contributed by atoms with E-state index in [4.69, 9.17) is 5.26 Å². The van der Waals surface area contributed by atoms with E-state index in [0.29, 0.717) is 36.5 Å². The highest BCUT2D eigenvalue weighted by Gasteiger charge is 2.40. The summed E-state index contributed by atoms with van der Waals surface area (Å²) >= 11 is 0. The van der Waals surface area contributed by atoms with Gasteiger partial charge in [0, 0.05) is 25.7 Å². The first-order valence-electron chi connectivity index (χ1n) is 9.36. The number of amides is 1. The van der Waals surface area contributed by atoms with Crippen LogP contribution in [0.25, 0.3) is 0 Å². The van der Waals surface area contributed by atoms with Gasteiger partial charge in [0.1, 0.15) is 10.9 Å². The summed E-state index contributed by atoms with van der Waals surface area (Å²) in [6.07, 6.45) is 1.43. The van der Waals surface area contributed by atoms with Crippen molar-refractivity contribution in [2.75, 3.05) is 13.6 Å². The standard InChI is InChI=1S/C21H20N4O3S/c1-24(14-16-7-4-6-15(12-16)13-22)21(26)18-9-5-11-25(18)20-17-8-2-3-10-19(17)29(27,28)23-20/h2-4,6-8,10,12,18H,5,9,11,14H2,1H3/t18-/m0/s1. The van der Waals surface area contributed by atoms with Crippen molar-refractivity contribution in [3.8, 4) is 6.07 Å². The van der Waals surface area contributed by atoms with E-state index in [1.54, 1.807) is 54.4 Å². The van der Waals surface area contributed by atoms with Crippen molar-refractivity contribution in [2.45, 2.75) is 30.3 Å². The van der Waals surface area contributed by atoms with Gasteiger partial charge in [0.2, 0.25) is 5.91 Å². The van der Waals surface area contributed by atoms with Crippen molar-refractivity contribution in [2.24, 2.45) is 4.40 Å². The van der Waals surface area contributed by atoms with Gasteiger partial charge in [0.25, 0.3) is 10.0 Å². The van der Waals surface area contributed by atoms with Crippen molar-refractivity contribution in [1.82, 2.24) is 9.80 Å². The number of fused-ring (bicyclic) bond motifs is 1. The Labute approximate surface area is 169 Å². The largest absolute Gasteiger partial charge is 0.343 e. The van der Waals surface area contributed by atoms with E-state index in [1.165, 1.54) is 0 Å².